The summed E-state index contributed by atoms with van der Waals surface area (Å²) in [6.07, 6.45) is 0. The highest BCUT2D eigenvalue weighted by Crippen LogP contribution is 2.36. The van der Waals surface area contributed by atoms with Crippen molar-refractivity contribution < 1.29 is 23.5 Å². The zero-order valence-electron chi connectivity index (χ0n) is 16.4. The zero-order chi connectivity index (χ0) is 21.4. The standard InChI is InChI=1S/C23H16N2O5S/c1-13(26)14-2-4-15(5-3-14)18-8-9-20(30-18)22(27)25-23-24-17(11-31-23)16-6-7-19-21(10-16)29-12-28-19/h2-11H,12H2,1H3,(H,24,25,27). The fourth-order valence-corrected chi connectivity index (χ4v) is 3.88. The summed E-state index contributed by atoms with van der Waals surface area (Å²) in [6, 6.07) is 15.9. The monoisotopic (exact) mass is 432 g/mol. The van der Waals surface area contributed by atoms with Crippen LogP contribution in [0.5, 0.6) is 11.5 Å². The molecular weight excluding hydrogens is 416 g/mol. The van der Waals surface area contributed by atoms with E-state index in [0.717, 1.165) is 16.8 Å². The Hall–Kier alpha value is -3.91. The molecule has 2 aromatic carbocycles. The first-order valence-corrected chi connectivity index (χ1v) is 10.3. The first-order valence-electron chi connectivity index (χ1n) is 9.45. The van der Waals surface area contributed by atoms with Gasteiger partial charge in [0.2, 0.25) is 6.79 Å². The Kier molecular flexibility index (Phi) is 4.76. The van der Waals surface area contributed by atoms with E-state index in [4.69, 9.17) is 13.9 Å². The third kappa shape index (κ3) is 3.80. The molecule has 3 heterocycles. The van der Waals surface area contributed by atoms with E-state index >= 15 is 0 Å². The molecule has 0 spiro atoms. The van der Waals surface area contributed by atoms with Crippen molar-refractivity contribution in [2.24, 2.45) is 0 Å². The van der Waals surface area contributed by atoms with Crippen LogP contribution < -0.4 is 14.8 Å². The van der Waals surface area contributed by atoms with Gasteiger partial charge in [-0.05, 0) is 37.3 Å². The number of fused-ring (bicyclic) bond motifs is 1. The van der Waals surface area contributed by atoms with Gasteiger partial charge in [0.15, 0.2) is 28.2 Å². The van der Waals surface area contributed by atoms with Crippen molar-refractivity contribution in [2.45, 2.75) is 6.92 Å². The summed E-state index contributed by atoms with van der Waals surface area (Å²) in [5.74, 6) is 1.70. The number of thiazole rings is 1. The van der Waals surface area contributed by atoms with Gasteiger partial charge in [0.05, 0.1) is 5.69 Å². The SMILES string of the molecule is CC(=O)c1ccc(-c2ccc(C(=O)Nc3nc(-c4ccc5c(c4)OCO5)cs3)o2)cc1. The van der Waals surface area contributed by atoms with Crippen molar-refractivity contribution in [3.8, 4) is 34.1 Å². The summed E-state index contributed by atoms with van der Waals surface area (Å²) in [4.78, 5) is 28.5. The molecule has 0 saturated carbocycles. The summed E-state index contributed by atoms with van der Waals surface area (Å²) in [5, 5.41) is 5.08. The van der Waals surface area contributed by atoms with Crippen LogP contribution in [0.15, 0.2) is 64.4 Å². The lowest BCUT2D eigenvalue weighted by Gasteiger charge is -2.01. The number of hydrogen-bond acceptors (Lipinski definition) is 7. The van der Waals surface area contributed by atoms with Crippen molar-refractivity contribution in [2.75, 3.05) is 12.1 Å². The van der Waals surface area contributed by atoms with E-state index in [9.17, 15) is 9.59 Å². The predicted molar refractivity (Wildman–Crippen MR) is 116 cm³/mol. The summed E-state index contributed by atoms with van der Waals surface area (Å²) < 4.78 is 16.4. The molecule has 0 unspecified atom stereocenters. The number of carbonyl (C=O) groups is 2. The van der Waals surface area contributed by atoms with Crippen LogP contribution in [-0.2, 0) is 0 Å². The molecule has 4 aromatic rings. The molecule has 154 valence electrons. The van der Waals surface area contributed by atoms with Crippen LogP contribution in [0.1, 0.15) is 27.8 Å². The van der Waals surface area contributed by atoms with E-state index in [2.05, 4.69) is 10.3 Å². The normalized spacial score (nSPS) is 12.0. The maximum Gasteiger partial charge on any atom is 0.293 e. The summed E-state index contributed by atoms with van der Waals surface area (Å²) in [5.41, 5.74) is 3.00. The van der Waals surface area contributed by atoms with Crippen molar-refractivity contribution in [1.82, 2.24) is 4.98 Å². The highest BCUT2D eigenvalue weighted by molar-refractivity contribution is 7.14. The molecule has 0 atom stereocenters. The van der Waals surface area contributed by atoms with Crippen molar-refractivity contribution >= 4 is 28.2 Å². The van der Waals surface area contributed by atoms with Crippen LogP contribution in [0.3, 0.4) is 0 Å². The van der Waals surface area contributed by atoms with Gasteiger partial charge in [-0.3, -0.25) is 14.9 Å². The van der Waals surface area contributed by atoms with Crippen LogP contribution in [0.25, 0.3) is 22.6 Å². The number of anilines is 1. The number of rotatable bonds is 5. The van der Waals surface area contributed by atoms with E-state index in [1.165, 1.54) is 18.3 Å². The first kappa shape index (κ1) is 19.1. The number of nitrogens with one attached hydrogen (secondary N) is 1. The first-order chi connectivity index (χ1) is 15.1. The van der Waals surface area contributed by atoms with Gasteiger partial charge < -0.3 is 13.9 Å². The number of nitrogens with zero attached hydrogens (tertiary/aromatic N) is 1. The predicted octanol–water partition coefficient (Wildman–Crippen LogP) is 5.25. The topological polar surface area (TPSA) is 90.7 Å². The molecule has 2 aromatic heterocycles. The Labute approximate surface area is 181 Å². The number of furan rings is 1. The number of benzene rings is 2. The number of carbonyl (C=O) groups excluding carboxylic acids is 2. The fraction of sp³-hybridized carbons (Fsp3) is 0.0870. The average Bonchev–Trinajstić information content (AvgIpc) is 3.53. The van der Waals surface area contributed by atoms with Gasteiger partial charge in [-0.1, -0.05) is 24.3 Å². The molecule has 1 amide bonds. The Bertz CT molecular complexity index is 1290. The van der Waals surface area contributed by atoms with Crippen LogP contribution in [0.2, 0.25) is 0 Å². The van der Waals surface area contributed by atoms with E-state index in [1.807, 2.05) is 23.6 Å². The minimum atomic E-state index is -0.391. The van der Waals surface area contributed by atoms with Gasteiger partial charge in [-0.2, -0.15) is 0 Å². The van der Waals surface area contributed by atoms with Crippen LogP contribution in [-0.4, -0.2) is 23.5 Å². The van der Waals surface area contributed by atoms with E-state index in [-0.39, 0.29) is 18.3 Å². The molecular formula is C23H16N2O5S. The molecule has 1 aliphatic heterocycles. The lowest BCUT2D eigenvalue weighted by molar-refractivity contribution is 0.0994. The molecule has 8 heteroatoms. The van der Waals surface area contributed by atoms with Crippen molar-refractivity contribution in [1.29, 1.82) is 0 Å². The third-order valence-electron chi connectivity index (χ3n) is 4.80. The number of aromatic nitrogens is 1. The Morgan fingerprint density at radius 2 is 1.74 bits per heavy atom. The minimum Gasteiger partial charge on any atom is -0.454 e. The Morgan fingerprint density at radius 3 is 2.55 bits per heavy atom. The second kappa shape index (κ2) is 7.73. The largest absolute Gasteiger partial charge is 0.454 e. The molecule has 31 heavy (non-hydrogen) atoms. The highest BCUT2D eigenvalue weighted by Gasteiger charge is 2.17. The maximum atomic E-state index is 12.6. The number of Topliss-reactive ketones (excluding diaryl/α,β-unsaturated/α-hetero) is 1. The van der Waals surface area contributed by atoms with Gasteiger partial charge >= 0.3 is 0 Å². The molecule has 0 fully saturated rings. The summed E-state index contributed by atoms with van der Waals surface area (Å²) in [7, 11) is 0. The van der Waals surface area contributed by atoms with Crippen molar-refractivity contribution in [3.05, 3.63) is 71.3 Å². The molecule has 7 nitrogen and oxygen atoms in total. The Morgan fingerprint density at radius 1 is 0.968 bits per heavy atom. The van der Waals surface area contributed by atoms with E-state index in [1.54, 1.807) is 36.4 Å². The average molecular weight is 432 g/mol. The molecule has 0 bridgehead atoms. The number of ketones is 1. The van der Waals surface area contributed by atoms with Gasteiger partial charge in [0.25, 0.3) is 5.91 Å². The maximum absolute atomic E-state index is 12.6. The number of ether oxygens (including phenoxy) is 2. The van der Waals surface area contributed by atoms with Gasteiger partial charge in [-0.15, -0.1) is 11.3 Å². The van der Waals surface area contributed by atoms with Crippen LogP contribution >= 0.6 is 11.3 Å². The van der Waals surface area contributed by atoms with Crippen molar-refractivity contribution in [3.63, 3.8) is 0 Å². The Balaban J connectivity index is 1.29. The summed E-state index contributed by atoms with van der Waals surface area (Å²) >= 11 is 1.32. The minimum absolute atomic E-state index is 0.00498. The van der Waals surface area contributed by atoms with Gasteiger partial charge in [-0.25, -0.2) is 4.98 Å². The summed E-state index contributed by atoms with van der Waals surface area (Å²) in [6.45, 7) is 1.73. The highest BCUT2D eigenvalue weighted by atomic mass is 32.1. The van der Waals surface area contributed by atoms with Gasteiger partial charge in [0.1, 0.15) is 5.76 Å². The lowest BCUT2D eigenvalue weighted by Crippen LogP contribution is -2.10. The van der Waals surface area contributed by atoms with E-state index in [0.29, 0.717) is 28.0 Å². The second-order valence-corrected chi connectivity index (χ2v) is 7.72. The van der Waals surface area contributed by atoms with E-state index < -0.39 is 5.91 Å². The number of amides is 1. The van der Waals surface area contributed by atoms with Crippen LogP contribution in [0.4, 0.5) is 5.13 Å². The number of hydrogen-bond donors (Lipinski definition) is 1. The molecule has 0 radical (unpaired) electrons. The smallest absolute Gasteiger partial charge is 0.293 e. The molecule has 0 saturated heterocycles. The molecule has 0 aliphatic carbocycles. The molecule has 1 aliphatic rings. The third-order valence-corrected chi connectivity index (χ3v) is 5.56. The molecule has 5 rings (SSSR count). The zero-order valence-corrected chi connectivity index (χ0v) is 17.2. The second-order valence-electron chi connectivity index (χ2n) is 6.86. The lowest BCUT2D eigenvalue weighted by atomic mass is 10.1. The fourth-order valence-electron chi connectivity index (χ4n) is 3.16. The molecule has 1 N–H and O–H groups in total. The quantitative estimate of drug-likeness (QED) is 0.433. The van der Waals surface area contributed by atoms with Gasteiger partial charge in [0, 0.05) is 22.1 Å². The van der Waals surface area contributed by atoms with Crippen LogP contribution in [0, 0.1) is 0 Å².